The second-order valence-corrected chi connectivity index (χ2v) is 5.56. The van der Waals surface area contributed by atoms with Crippen LogP contribution in [0.15, 0.2) is 24.2 Å². The fourth-order valence-electron chi connectivity index (χ4n) is 1.98. The molecule has 0 atom stereocenters. The zero-order chi connectivity index (χ0) is 21.7. The molecule has 29 heavy (non-hydrogen) atoms. The predicted molar refractivity (Wildman–Crippen MR) is 97.4 cm³/mol. The van der Waals surface area contributed by atoms with E-state index in [2.05, 4.69) is 21.2 Å². The van der Waals surface area contributed by atoms with Crippen molar-refractivity contribution in [3.05, 3.63) is 39.8 Å². The molecule has 1 aromatic rings. The topological polar surface area (TPSA) is 131 Å². The SMILES string of the molecule is CCOCCOc1cc(C(F)(F)F)cc(NN/C(=C\[N+](=O)[O-])NCCCCO)n1. The number of nitrogens with one attached hydrogen (secondary N) is 3. The standard InChI is InChI=1S/C16H24F3N5O5/c1-2-28-7-8-29-15-10-12(16(17,18)19)9-13(21-15)22-23-14(11-24(26)27)20-5-3-4-6-25/h9-11,20,23,25H,2-8H2,1H3,(H,21,22)/b14-11-. The van der Waals surface area contributed by atoms with E-state index in [1.165, 1.54) is 0 Å². The maximum absolute atomic E-state index is 13.1. The summed E-state index contributed by atoms with van der Waals surface area (Å²) >= 11 is 0. The molecule has 0 bridgehead atoms. The lowest BCUT2D eigenvalue weighted by Crippen LogP contribution is -2.32. The summed E-state index contributed by atoms with van der Waals surface area (Å²) in [5.41, 5.74) is 3.80. The smallest absolute Gasteiger partial charge is 0.416 e. The van der Waals surface area contributed by atoms with Crippen molar-refractivity contribution in [1.29, 1.82) is 0 Å². The van der Waals surface area contributed by atoms with Gasteiger partial charge in [-0.3, -0.25) is 21.0 Å². The molecular weight excluding hydrogens is 399 g/mol. The third-order valence-electron chi connectivity index (χ3n) is 3.27. The van der Waals surface area contributed by atoms with Gasteiger partial charge in [-0.2, -0.15) is 18.2 Å². The summed E-state index contributed by atoms with van der Waals surface area (Å²) in [4.78, 5) is 13.9. The summed E-state index contributed by atoms with van der Waals surface area (Å²) in [6.07, 6.45) is -3.00. The summed E-state index contributed by atoms with van der Waals surface area (Å²) in [6.45, 7) is 2.67. The van der Waals surface area contributed by atoms with E-state index in [4.69, 9.17) is 14.6 Å². The van der Waals surface area contributed by atoms with Gasteiger partial charge in [-0.25, -0.2) is 0 Å². The molecule has 0 aromatic carbocycles. The third kappa shape index (κ3) is 10.4. The fraction of sp³-hybridized carbons (Fsp3) is 0.562. The molecule has 0 radical (unpaired) electrons. The Labute approximate surface area is 165 Å². The Bertz CT molecular complexity index is 673. The average Bonchev–Trinajstić information content (AvgIpc) is 2.65. The highest BCUT2D eigenvalue weighted by atomic mass is 19.4. The lowest BCUT2D eigenvalue weighted by molar-refractivity contribution is -0.404. The number of aliphatic hydroxyl groups is 1. The van der Waals surface area contributed by atoms with E-state index >= 15 is 0 Å². The van der Waals surface area contributed by atoms with Crippen molar-refractivity contribution in [2.24, 2.45) is 0 Å². The highest BCUT2D eigenvalue weighted by Gasteiger charge is 2.32. The number of unbranched alkanes of at least 4 members (excludes halogenated alkanes) is 1. The van der Waals surface area contributed by atoms with Crippen LogP contribution in [0.5, 0.6) is 5.88 Å². The third-order valence-corrected chi connectivity index (χ3v) is 3.27. The molecule has 0 spiro atoms. The second-order valence-electron chi connectivity index (χ2n) is 5.56. The van der Waals surface area contributed by atoms with Crippen LogP contribution in [0.4, 0.5) is 19.0 Å². The summed E-state index contributed by atoms with van der Waals surface area (Å²) in [5, 5.41) is 22.1. The van der Waals surface area contributed by atoms with Crippen molar-refractivity contribution in [2.45, 2.75) is 25.9 Å². The van der Waals surface area contributed by atoms with Gasteiger partial charge in [-0.05, 0) is 25.8 Å². The minimum atomic E-state index is -4.64. The molecule has 0 fully saturated rings. The van der Waals surface area contributed by atoms with Crippen LogP contribution in [-0.2, 0) is 10.9 Å². The first-order chi connectivity index (χ1) is 13.8. The number of hydrazine groups is 1. The molecule has 164 valence electrons. The van der Waals surface area contributed by atoms with Crippen molar-refractivity contribution in [3.63, 3.8) is 0 Å². The number of aromatic nitrogens is 1. The van der Waals surface area contributed by atoms with Gasteiger partial charge in [-0.15, -0.1) is 0 Å². The highest BCUT2D eigenvalue weighted by molar-refractivity contribution is 5.42. The number of nitro groups is 1. The zero-order valence-electron chi connectivity index (χ0n) is 15.8. The summed E-state index contributed by atoms with van der Waals surface area (Å²) in [5.74, 6) is -0.622. The Morgan fingerprint density at radius 2 is 2.10 bits per heavy atom. The molecule has 10 nitrogen and oxygen atoms in total. The molecule has 1 rings (SSSR count). The Morgan fingerprint density at radius 3 is 2.72 bits per heavy atom. The number of halogens is 3. The second kappa shape index (κ2) is 12.6. The van der Waals surface area contributed by atoms with Crippen molar-refractivity contribution in [2.75, 3.05) is 38.4 Å². The van der Waals surface area contributed by atoms with Crippen LogP contribution in [0.2, 0.25) is 0 Å². The van der Waals surface area contributed by atoms with Gasteiger partial charge in [0.05, 0.1) is 17.1 Å². The first-order valence-electron chi connectivity index (χ1n) is 8.78. The van der Waals surface area contributed by atoms with Gasteiger partial charge >= 0.3 is 6.18 Å². The summed E-state index contributed by atoms with van der Waals surface area (Å²) < 4.78 is 49.6. The molecule has 1 aromatic heterocycles. The first kappa shape index (κ1) is 24.2. The molecule has 13 heteroatoms. The number of ether oxygens (including phenoxy) is 2. The van der Waals surface area contributed by atoms with E-state index in [9.17, 15) is 23.3 Å². The molecule has 0 aliphatic rings. The van der Waals surface area contributed by atoms with Gasteiger partial charge in [0.1, 0.15) is 12.4 Å². The van der Waals surface area contributed by atoms with Gasteiger partial charge in [0, 0.05) is 25.8 Å². The quantitative estimate of drug-likeness (QED) is 0.201. The van der Waals surface area contributed by atoms with E-state index < -0.39 is 16.7 Å². The predicted octanol–water partition coefficient (Wildman–Crippen LogP) is 1.87. The largest absolute Gasteiger partial charge is 0.475 e. The zero-order valence-corrected chi connectivity index (χ0v) is 15.8. The molecular formula is C16H24F3N5O5. The normalized spacial score (nSPS) is 11.8. The molecule has 0 unspecified atom stereocenters. The maximum atomic E-state index is 13.1. The molecule has 0 aliphatic heterocycles. The van der Waals surface area contributed by atoms with E-state index in [1.54, 1.807) is 6.92 Å². The monoisotopic (exact) mass is 423 g/mol. The first-order valence-corrected chi connectivity index (χ1v) is 8.78. The van der Waals surface area contributed by atoms with Crippen LogP contribution in [0.1, 0.15) is 25.3 Å². The molecule has 0 aliphatic carbocycles. The molecule has 0 saturated heterocycles. The van der Waals surface area contributed by atoms with Crippen molar-refractivity contribution in [1.82, 2.24) is 15.7 Å². The van der Waals surface area contributed by atoms with Gasteiger partial charge < -0.3 is 19.9 Å². The number of hydrogen-bond acceptors (Lipinski definition) is 9. The number of alkyl halides is 3. The Hall–Kier alpha value is -2.80. The average molecular weight is 423 g/mol. The van der Waals surface area contributed by atoms with E-state index in [0.29, 0.717) is 32.2 Å². The Kier molecular flexibility index (Phi) is 10.5. The number of aliphatic hydroxyl groups excluding tert-OH is 1. The summed E-state index contributed by atoms with van der Waals surface area (Å²) in [7, 11) is 0. The lowest BCUT2D eigenvalue weighted by Gasteiger charge is -2.15. The number of nitrogens with zero attached hydrogens (tertiary/aromatic N) is 2. The van der Waals surface area contributed by atoms with Gasteiger partial charge in [0.2, 0.25) is 5.88 Å². The van der Waals surface area contributed by atoms with Crippen LogP contribution in [0, 0.1) is 10.1 Å². The van der Waals surface area contributed by atoms with Crippen molar-refractivity contribution >= 4 is 5.82 Å². The fourth-order valence-corrected chi connectivity index (χ4v) is 1.98. The number of pyridine rings is 1. The van der Waals surface area contributed by atoms with Gasteiger partial charge in [-0.1, -0.05) is 0 Å². The van der Waals surface area contributed by atoms with Gasteiger partial charge in [0.15, 0.2) is 5.82 Å². The van der Waals surface area contributed by atoms with Crippen LogP contribution in [0.3, 0.4) is 0 Å². The highest BCUT2D eigenvalue weighted by Crippen LogP contribution is 2.32. The number of anilines is 1. The van der Waals surface area contributed by atoms with Crippen LogP contribution in [-0.4, -0.2) is 48.0 Å². The minimum absolute atomic E-state index is 0.00785. The molecule has 1 heterocycles. The van der Waals surface area contributed by atoms with Crippen molar-refractivity contribution in [3.8, 4) is 5.88 Å². The van der Waals surface area contributed by atoms with Crippen LogP contribution in [0.25, 0.3) is 0 Å². The van der Waals surface area contributed by atoms with E-state index in [-0.39, 0.29) is 37.3 Å². The number of hydrogen-bond donors (Lipinski definition) is 4. The van der Waals surface area contributed by atoms with Crippen LogP contribution >= 0.6 is 0 Å². The minimum Gasteiger partial charge on any atom is -0.475 e. The molecule has 0 saturated carbocycles. The maximum Gasteiger partial charge on any atom is 0.416 e. The van der Waals surface area contributed by atoms with E-state index in [1.807, 2.05) is 0 Å². The van der Waals surface area contributed by atoms with Gasteiger partial charge in [0.25, 0.3) is 6.20 Å². The van der Waals surface area contributed by atoms with Crippen LogP contribution < -0.4 is 20.9 Å². The van der Waals surface area contributed by atoms with E-state index in [0.717, 1.165) is 12.1 Å². The lowest BCUT2D eigenvalue weighted by atomic mass is 10.2. The van der Waals surface area contributed by atoms with Crippen molar-refractivity contribution < 1.29 is 32.7 Å². The summed E-state index contributed by atoms with van der Waals surface area (Å²) in [6, 6.07) is 1.48. The molecule has 0 amide bonds. The number of rotatable bonds is 14. The Balaban J connectivity index is 2.86. The Morgan fingerprint density at radius 1 is 1.34 bits per heavy atom. The molecule has 4 N–H and O–H groups in total.